The molecule has 1 amide bonds. The second-order valence-electron chi connectivity index (χ2n) is 8.35. The fourth-order valence-corrected chi connectivity index (χ4v) is 6.00. The van der Waals surface area contributed by atoms with Crippen LogP contribution in [0, 0.1) is 18.8 Å². The maximum Gasteiger partial charge on any atom is 0.240 e. The Labute approximate surface area is 223 Å². The molecule has 1 atom stereocenters. The third-order valence-electron chi connectivity index (χ3n) is 5.64. The molecule has 0 aliphatic rings. The molecule has 38 heavy (non-hydrogen) atoms. The van der Waals surface area contributed by atoms with Gasteiger partial charge in [-0.1, -0.05) is 47.9 Å². The summed E-state index contributed by atoms with van der Waals surface area (Å²) < 4.78 is 59.1. The van der Waals surface area contributed by atoms with Gasteiger partial charge in [-0.15, -0.1) is 5.92 Å². The fraction of sp³-hybridized carbons (Fsp3) is 0.222. The number of rotatable bonds is 12. The number of carbonyl (C=O) groups excluding carboxylic acids is 1. The highest BCUT2D eigenvalue weighted by molar-refractivity contribution is 7.91. The average molecular weight is 557 g/mol. The first-order chi connectivity index (χ1) is 18.1. The average Bonchev–Trinajstić information content (AvgIpc) is 2.91. The smallest absolute Gasteiger partial charge is 0.240 e. The molecule has 11 heteroatoms. The largest absolute Gasteiger partial charge is 0.481 e. The van der Waals surface area contributed by atoms with Crippen LogP contribution in [0.4, 0.5) is 0 Å². The first kappa shape index (κ1) is 28.9. The predicted molar refractivity (Wildman–Crippen MR) is 142 cm³/mol. The molecule has 3 aromatic carbocycles. The van der Waals surface area contributed by atoms with E-state index < -0.39 is 31.7 Å². The summed E-state index contributed by atoms with van der Waals surface area (Å²) >= 11 is 0. The Balaban J connectivity index is 1.72. The zero-order chi connectivity index (χ0) is 27.8. The molecule has 200 valence electrons. The number of nitrogens with zero attached hydrogens (tertiary/aromatic N) is 1. The molecule has 0 aliphatic heterocycles. The van der Waals surface area contributed by atoms with Crippen LogP contribution in [0.1, 0.15) is 29.7 Å². The van der Waals surface area contributed by atoms with Gasteiger partial charge in [0.25, 0.3) is 0 Å². The van der Waals surface area contributed by atoms with E-state index in [1.165, 1.54) is 48.5 Å². The van der Waals surface area contributed by atoms with E-state index in [9.17, 15) is 26.8 Å². The van der Waals surface area contributed by atoms with Crippen LogP contribution >= 0.6 is 0 Å². The summed E-state index contributed by atoms with van der Waals surface area (Å²) in [6.45, 7) is 3.71. The second kappa shape index (κ2) is 12.7. The van der Waals surface area contributed by atoms with Gasteiger partial charge in [0.15, 0.2) is 9.84 Å². The molecule has 0 saturated heterocycles. The molecule has 0 heterocycles. The van der Waals surface area contributed by atoms with Crippen molar-refractivity contribution in [1.29, 1.82) is 0 Å². The van der Waals surface area contributed by atoms with Crippen LogP contribution in [0.3, 0.4) is 0 Å². The van der Waals surface area contributed by atoms with E-state index >= 15 is 0 Å². The number of amides is 1. The zero-order valence-corrected chi connectivity index (χ0v) is 22.5. The van der Waals surface area contributed by atoms with Crippen LogP contribution in [-0.2, 0) is 31.2 Å². The number of aryl methyl sites for hydroxylation is 1. The normalized spacial score (nSPS) is 12.2. The van der Waals surface area contributed by atoms with Crippen LogP contribution in [0.5, 0.6) is 5.75 Å². The highest BCUT2D eigenvalue weighted by Crippen LogP contribution is 2.25. The topological polar surface area (TPSA) is 130 Å². The quantitative estimate of drug-likeness (QED) is 0.152. The number of hydrogen-bond donors (Lipinski definition) is 2. The van der Waals surface area contributed by atoms with Crippen LogP contribution in [0.2, 0.25) is 0 Å². The molecular weight excluding hydrogens is 528 g/mol. The molecule has 0 aliphatic carbocycles. The lowest BCUT2D eigenvalue weighted by Crippen LogP contribution is -2.30. The third kappa shape index (κ3) is 7.66. The molecule has 2 N–H and O–H groups in total. The van der Waals surface area contributed by atoms with E-state index in [-0.39, 0.29) is 29.4 Å². The van der Waals surface area contributed by atoms with Crippen LogP contribution in [-0.4, -0.2) is 45.9 Å². The van der Waals surface area contributed by atoms with Crippen molar-refractivity contribution in [3.8, 4) is 17.6 Å². The standard InChI is InChI=1S/C27H28N2O7S2/c1-3-4-17-36-24-11-15-25(16-12-24)37(32,33)19-27(29(31)20-30)23-9-7-22(8-10-23)18-28-38(34,35)26-13-5-21(2)6-14-26/h5-16,20,27-28,31H,17-19H2,1-2H3. The van der Waals surface area contributed by atoms with Crippen molar-refractivity contribution in [2.75, 3.05) is 12.4 Å². The molecule has 0 bridgehead atoms. The van der Waals surface area contributed by atoms with Gasteiger partial charge in [0.2, 0.25) is 16.4 Å². The molecule has 0 fully saturated rings. The lowest BCUT2D eigenvalue weighted by molar-refractivity contribution is -0.158. The SMILES string of the molecule is CC#CCOc1ccc(S(=O)(=O)CC(c2ccc(CNS(=O)(=O)c3ccc(C)cc3)cc2)N(O)C=O)cc1. The van der Waals surface area contributed by atoms with Crippen molar-refractivity contribution in [1.82, 2.24) is 9.79 Å². The molecule has 9 nitrogen and oxygen atoms in total. The maximum atomic E-state index is 13.0. The van der Waals surface area contributed by atoms with Gasteiger partial charge in [-0.05, 0) is 61.4 Å². The molecule has 3 rings (SSSR count). The number of sulfone groups is 1. The number of hydroxylamine groups is 2. The van der Waals surface area contributed by atoms with Gasteiger partial charge in [-0.25, -0.2) is 26.6 Å². The number of carbonyl (C=O) groups is 1. The molecule has 1 unspecified atom stereocenters. The van der Waals surface area contributed by atoms with Crippen molar-refractivity contribution in [2.45, 2.75) is 36.2 Å². The predicted octanol–water partition coefficient (Wildman–Crippen LogP) is 3.24. The van der Waals surface area contributed by atoms with Crippen molar-refractivity contribution < 1.29 is 31.6 Å². The van der Waals surface area contributed by atoms with Gasteiger partial charge >= 0.3 is 0 Å². The van der Waals surface area contributed by atoms with Crippen LogP contribution in [0.25, 0.3) is 0 Å². The molecular formula is C27H28N2O7S2. The molecule has 0 radical (unpaired) electrons. The summed E-state index contributed by atoms with van der Waals surface area (Å²) in [7, 11) is -7.64. The van der Waals surface area contributed by atoms with Crippen LogP contribution in [0.15, 0.2) is 82.6 Å². The molecule has 0 spiro atoms. The highest BCUT2D eigenvalue weighted by Gasteiger charge is 2.27. The van der Waals surface area contributed by atoms with E-state index in [1.54, 1.807) is 31.2 Å². The molecule has 0 saturated carbocycles. The lowest BCUT2D eigenvalue weighted by Gasteiger charge is -2.23. The van der Waals surface area contributed by atoms with Gasteiger partial charge in [-0.2, -0.15) is 0 Å². The Bertz CT molecular complexity index is 1510. The maximum absolute atomic E-state index is 13.0. The van der Waals surface area contributed by atoms with E-state index in [1.807, 2.05) is 6.92 Å². The summed E-state index contributed by atoms with van der Waals surface area (Å²) in [5.41, 5.74) is 1.89. The number of benzene rings is 3. The van der Waals surface area contributed by atoms with Gasteiger partial charge in [-0.3, -0.25) is 10.0 Å². The minimum Gasteiger partial charge on any atom is -0.481 e. The molecule has 0 aromatic heterocycles. The minimum absolute atomic E-state index is 0.00198. The fourth-order valence-electron chi connectivity index (χ4n) is 3.47. The van der Waals surface area contributed by atoms with Crippen molar-refractivity contribution in [3.63, 3.8) is 0 Å². The first-order valence-corrected chi connectivity index (χ1v) is 14.6. The Morgan fingerprint density at radius 2 is 1.55 bits per heavy atom. The Kier molecular flexibility index (Phi) is 9.66. The number of sulfonamides is 1. The van der Waals surface area contributed by atoms with Gasteiger partial charge < -0.3 is 4.74 Å². The summed E-state index contributed by atoms with van der Waals surface area (Å²) in [4.78, 5) is 11.5. The Hall–Kier alpha value is -3.69. The van der Waals surface area contributed by atoms with Crippen molar-refractivity contribution in [2.24, 2.45) is 0 Å². The highest BCUT2D eigenvalue weighted by atomic mass is 32.2. The van der Waals surface area contributed by atoms with Gasteiger partial charge in [0.05, 0.1) is 21.6 Å². The second-order valence-corrected chi connectivity index (χ2v) is 12.1. The first-order valence-electron chi connectivity index (χ1n) is 11.5. The van der Waals surface area contributed by atoms with E-state index in [4.69, 9.17) is 4.74 Å². The summed E-state index contributed by atoms with van der Waals surface area (Å²) in [5, 5.41) is 10.4. The van der Waals surface area contributed by atoms with E-state index in [0.717, 1.165) is 5.56 Å². The zero-order valence-electron chi connectivity index (χ0n) is 20.9. The number of nitrogens with one attached hydrogen (secondary N) is 1. The van der Waals surface area contributed by atoms with Crippen LogP contribution < -0.4 is 9.46 Å². The Morgan fingerprint density at radius 1 is 0.947 bits per heavy atom. The van der Waals surface area contributed by atoms with E-state index in [2.05, 4.69) is 16.6 Å². The number of hydrogen-bond acceptors (Lipinski definition) is 7. The lowest BCUT2D eigenvalue weighted by atomic mass is 10.1. The van der Waals surface area contributed by atoms with Crippen molar-refractivity contribution >= 4 is 26.3 Å². The molecule has 3 aromatic rings. The third-order valence-corrected chi connectivity index (χ3v) is 8.80. The van der Waals surface area contributed by atoms with Crippen molar-refractivity contribution in [3.05, 3.63) is 89.5 Å². The van der Waals surface area contributed by atoms with Gasteiger partial charge in [0, 0.05) is 6.54 Å². The monoisotopic (exact) mass is 556 g/mol. The minimum atomic E-state index is -3.91. The van der Waals surface area contributed by atoms with Gasteiger partial charge in [0.1, 0.15) is 12.4 Å². The summed E-state index contributed by atoms with van der Waals surface area (Å²) in [5.74, 6) is 5.31. The Morgan fingerprint density at radius 3 is 2.13 bits per heavy atom. The summed E-state index contributed by atoms with van der Waals surface area (Å²) in [6, 6.07) is 17.3. The summed E-state index contributed by atoms with van der Waals surface area (Å²) in [6.07, 6.45) is 0.134. The van der Waals surface area contributed by atoms with E-state index in [0.29, 0.717) is 21.9 Å². The number of ether oxygens (including phenoxy) is 1.